The standard InChI is InChI=1S/C17H8BrCl2F3N2OS/c18-15-2-8-1-13(27-14(8)7-24-15)12-6-16(26-25-12,17(21,22)23)9-3-10(19)5-11(20)4-9/h1-5,7H,6H2. The first kappa shape index (κ1) is 19.0. The minimum atomic E-state index is -4.71. The Labute approximate surface area is 173 Å². The van der Waals surface area contributed by atoms with Crippen LogP contribution in [0.2, 0.25) is 10.0 Å². The zero-order chi connectivity index (χ0) is 19.4. The first-order chi connectivity index (χ1) is 12.7. The lowest BCUT2D eigenvalue weighted by Gasteiger charge is -2.29. The van der Waals surface area contributed by atoms with Crippen molar-refractivity contribution in [1.82, 2.24) is 4.98 Å². The van der Waals surface area contributed by atoms with E-state index in [9.17, 15) is 13.2 Å². The van der Waals surface area contributed by atoms with Crippen molar-refractivity contribution in [1.29, 1.82) is 0 Å². The molecule has 1 aliphatic rings. The number of hydrogen-bond donors (Lipinski definition) is 0. The molecule has 0 N–H and O–H groups in total. The summed E-state index contributed by atoms with van der Waals surface area (Å²) >= 11 is 16.4. The molecule has 27 heavy (non-hydrogen) atoms. The van der Waals surface area contributed by atoms with Gasteiger partial charge in [0, 0.05) is 21.8 Å². The fourth-order valence-electron chi connectivity index (χ4n) is 2.88. The van der Waals surface area contributed by atoms with E-state index in [1.54, 1.807) is 18.3 Å². The van der Waals surface area contributed by atoms with Crippen molar-refractivity contribution >= 4 is 66.3 Å². The molecular formula is C17H8BrCl2F3N2OS. The summed E-state index contributed by atoms with van der Waals surface area (Å²) in [6.07, 6.45) is -3.54. The van der Waals surface area contributed by atoms with Crippen molar-refractivity contribution in [2.75, 3.05) is 0 Å². The molecule has 3 aromatic rings. The van der Waals surface area contributed by atoms with Gasteiger partial charge in [0.15, 0.2) is 0 Å². The number of thiophene rings is 1. The number of hydrogen-bond acceptors (Lipinski definition) is 4. The monoisotopic (exact) mass is 494 g/mol. The molecule has 2 aromatic heterocycles. The van der Waals surface area contributed by atoms with Crippen molar-refractivity contribution < 1.29 is 18.0 Å². The Morgan fingerprint density at radius 1 is 1.11 bits per heavy atom. The van der Waals surface area contributed by atoms with Gasteiger partial charge in [-0.3, -0.25) is 0 Å². The highest BCUT2D eigenvalue weighted by molar-refractivity contribution is 9.10. The molecule has 140 valence electrons. The van der Waals surface area contributed by atoms with Crippen LogP contribution in [0.15, 0.2) is 46.3 Å². The Balaban J connectivity index is 1.76. The molecular weight excluding hydrogens is 488 g/mol. The van der Waals surface area contributed by atoms with Gasteiger partial charge in [-0.1, -0.05) is 28.4 Å². The summed E-state index contributed by atoms with van der Waals surface area (Å²) in [7, 11) is 0. The number of nitrogens with zero attached hydrogens (tertiary/aromatic N) is 2. The molecule has 1 atom stereocenters. The molecule has 0 aliphatic carbocycles. The molecule has 0 amide bonds. The van der Waals surface area contributed by atoms with Crippen LogP contribution in [0.5, 0.6) is 0 Å². The van der Waals surface area contributed by atoms with Crippen molar-refractivity contribution in [2.45, 2.75) is 18.2 Å². The molecule has 1 aromatic carbocycles. The topological polar surface area (TPSA) is 34.5 Å². The molecule has 0 fully saturated rings. The largest absolute Gasteiger partial charge is 0.435 e. The van der Waals surface area contributed by atoms with Crippen LogP contribution in [-0.4, -0.2) is 16.9 Å². The molecule has 0 spiro atoms. The summed E-state index contributed by atoms with van der Waals surface area (Å²) in [6.45, 7) is 0. The second-order valence-corrected chi connectivity index (χ2v) is 8.71. The number of rotatable bonds is 2. The Morgan fingerprint density at radius 2 is 1.81 bits per heavy atom. The Hall–Kier alpha value is -1.35. The van der Waals surface area contributed by atoms with Crippen LogP contribution in [0, 0.1) is 0 Å². The summed E-state index contributed by atoms with van der Waals surface area (Å²) in [4.78, 5) is 9.73. The number of pyridine rings is 1. The second-order valence-electron chi connectivity index (χ2n) is 5.94. The van der Waals surface area contributed by atoms with E-state index in [0.29, 0.717) is 9.48 Å². The van der Waals surface area contributed by atoms with Gasteiger partial charge in [-0.25, -0.2) is 4.98 Å². The van der Waals surface area contributed by atoms with Crippen LogP contribution in [0.4, 0.5) is 13.2 Å². The van der Waals surface area contributed by atoms with E-state index in [2.05, 4.69) is 26.1 Å². The van der Waals surface area contributed by atoms with Gasteiger partial charge in [0.1, 0.15) is 10.3 Å². The lowest BCUT2D eigenvalue weighted by atomic mass is 9.88. The fourth-order valence-corrected chi connectivity index (χ4v) is 4.75. The molecule has 1 unspecified atom stereocenters. The Morgan fingerprint density at radius 3 is 2.48 bits per heavy atom. The van der Waals surface area contributed by atoms with E-state index < -0.39 is 18.2 Å². The average molecular weight is 496 g/mol. The molecule has 0 radical (unpaired) electrons. The maximum absolute atomic E-state index is 14.0. The summed E-state index contributed by atoms with van der Waals surface area (Å²) in [5.41, 5.74) is -2.61. The van der Waals surface area contributed by atoms with Crippen LogP contribution in [0.25, 0.3) is 10.1 Å². The minimum absolute atomic E-state index is 0.0935. The third kappa shape index (κ3) is 3.33. The van der Waals surface area contributed by atoms with E-state index in [0.717, 1.165) is 10.1 Å². The maximum atomic E-state index is 14.0. The Kier molecular flexibility index (Phi) is 4.65. The molecule has 4 rings (SSSR count). The molecule has 3 nitrogen and oxygen atoms in total. The lowest BCUT2D eigenvalue weighted by molar-refractivity contribution is -0.275. The smallest absolute Gasteiger partial charge is 0.374 e. The van der Waals surface area contributed by atoms with E-state index in [1.807, 2.05) is 0 Å². The SMILES string of the molecule is FC(F)(F)C1(c2cc(Cl)cc(Cl)c2)CC(c2cc3cc(Br)ncc3s2)=NO1. The molecule has 0 saturated heterocycles. The average Bonchev–Trinajstić information content (AvgIpc) is 3.17. The van der Waals surface area contributed by atoms with E-state index in [-0.39, 0.29) is 21.3 Å². The van der Waals surface area contributed by atoms with E-state index in [4.69, 9.17) is 28.0 Å². The normalized spacial score (nSPS) is 20.0. The van der Waals surface area contributed by atoms with Crippen molar-refractivity contribution in [2.24, 2.45) is 5.16 Å². The van der Waals surface area contributed by atoms with Gasteiger partial charge in [0.05, 0.1) is 16.0 Å². The number of halogens is 6. The number of alkyl halides is 3. The van der Waals surface area contributed by atoms with E-state index >= 15 is 0 Å². The van der Waals surface area contributed by atoms with Gasteiger partial charge >= 0.3 is 6.18 Å². The van der Waals surface area contributed by atoms with Crippen LogP contribution in [0.1, 0.15) is 16.9 Å². The number of aromatic nitrogens is 1. The van der Waals surface area contributed by atoms with Crippen LogP contribution < -0.4 is 0 Å². The number of oxime groups is 1. The van der Waals surface area contributed by atoms with E-state index in [1.165, 1.54) is 29.5 Å². The maximum Gasteiger partial charge on any atom is 0.435 e. The van der Waals surface area contributed by atoms with Crippen molar-refractivity contribution in [3.8, 4) is 0 Å². The van der Waals surface area contributed by atoms with Gasteiger partial charge < -0.3 is 4.84 Å². The summed E-state index contributed by atoms with van der Waals surface area (Å²) < 4.78 is 43.5. The highest BCUT2D eigenvalue weighted by Crippen LogP contribution is 2.50. The number of benzene rings is 1. The van der Waals surface area contributed by atoms with Gasteiger partial charge in [-0.15, -0.1) is 11.3 Å². The van der Waals surface area contributed by atoms with Crippen LogP contribution in [0.3, 0.4) is 0 Å². The third-order valence-corrected chi connectivity index (χ3v) is 6.17. The number of fused-ring (bicyclic) bond motifs is 1. The van der Waals surface area contributed by atoms with Gasteiger partial charge in [-0.05, 0) is 51.6 Å². The van der Waals surface area contributed by atoms with Gasteiger partial charge in [-0.2, -0.15) is 13.2 Å². The molecule has 10 heteroatoms. The second kappa shape index (κ2) is 6.62. The first-order valence-electron chi connectivity index (χ1n) is 7.52. The first-order valence-corrected chi connectivity index (χ1v) is 9.88. The van der Waals surface area contributed by atoms with Crippen LogP contribution >= 0.6 is 50.5 Å². The predicted molar refractivity (Wildman–Crippen MR) is 104 cm³/mol. The Bertz CT molecular complexity index is 1070. The lowest BCUT2D eigenvalue weighted by Crippen LogP contribution is -2.42. The van der Waals surface area contributed by atoms with Crippen molar-refractivity contribution in [3.63, 3.8) is 0 Å². The van der Waals surface area contributed by atoms with Crippen molar-refractivity contribution in [3.05, 3.63) is 61.6 Å². The fraction of sp³-hybridized carbons (Fsp3) is 0.176. The zero-order valence-electron chi connectivity index (χ0n) is 13.1. The minimum Gasteiger partial charge on any atom is -0.374 e. The zero-order valence-corrected chi connectivity index (χ0v) is 17.1. The third-order valence-electron chi connectivity index (χ3n) is 4.17. The highest BCUT2D eigenvalue weighted by Gasteiger charge is 2.62. The molecule has 0 bridgehead atoms. The van der Waals surface area contributed by atoms with Gasteiger partial charge in [0.25, 0.3) is 5.60 Å². The molecule has 1 aliphatic heterocycles. The molecule has 3 heterocycles. The summed E-state index contributed by atoms with van der Waals surface area (Å²) in [5, 5.41) is 4.81. The van der Waals surface area contributed by atoms with Gasteiger partial charge in [0.2, 0.25) is 0 Å². The van der Waals surface area contributed by atoms with Crippen LogP contribution in [-0.2, 0) is 10.4 Å². The molecule has 0 saturated carbocycles. The summed E-state index contributed by atoms with van der Waals surface area (Å²) in [6, 6.07) is 7.33. The predicted octanol–water partition coefficient (Wildman–Crippen LogP) is 6.95. The highest BCUT2D eigenvalue weighted by atomic mass is 79.9. The quantitative estimate of drug-likeness (QED) is 0.360. The summed E-state index contributed by atoms with van der Waals surface area (Å²) in [5.74, 6) is 0.